The van der Waals surface area contributed by atoms with E-state index in [2.05, 4.69) is 10.3 Å². The Kier molecular flexibility index (Phi) is 4.89. The number of carbonyl (C=O) groups is 2. The third kappa shape index (κ3) is 3.43. The summed E-state index contributed by atoms with van der Waals surface area (Å²) < 4.78 is 1.55. The molecular weight excluding hydrogens is 340 g/mol. The van der Waals surface area contributed by atoms with Crippen molar-refractivity contribution in [2.45, 2.75) is 18.2 Å². The van der Waals surface area contributed by atoms with E-state index in [1.807, 2.05) is 0 Å². The van der Waals surface area contributed by atoms with Gasteiger partial charge < -0.3 is 10.2 Å². The van der Waals surface area contributed by atoms with Crippen molar-refractivity contribution in [3.8, 4) is 0 Å². The summed E-state index contributed by atoms with van der Waals surface area (Å²) in [5, 5.41) is 3.22. The van der Waals surface area contributed by atoms with Gasteiger partial charge in [-0.3, -0.25) is 19.0 Å². The molecule has 1 aliphatic rings. The van der Waals surface area contributed by atoms with Crippen LogP contribution in [0.15, 0.2) is 40.4 Å². The van der Waals surface area contributed by atoms with E-state index in [4.69, 9.17) is 0 Å². The molecule has 7 nitrogen and oxygen atoms in total. The first-order chi connectivity index (χ1) is 12.0. The van der Waals surface area contributed by atoms with Crippen LogP contribution in [0.1, 0.15) is 26.3 Å². The molecule has 1 aliphatic heterocycles. The van der Waals surface area contributed by atoms with Gasteiger partial charge in [-0.1, -0.05) is 23.9 Å². The first kappa shape index (κ1) is 17.2. The maximum absolute atomic E-state index is 12.6. The van der Waals surface area contributed by atoms with Gasteiger partial charge in [-0.2, -0.15) is 0 Å². The van der Waals surface area contributed by atoms with Gasteiger partial charge in [-0.15, -0.1) is 0 Å². The summed E-state index contributed by atoms with van der Waals surface area (Å²) in [4.78, 5) is 42.3. The molecule has 0 radical (unpaired) electrons. The normalized spacial score (nSPS) is 12.6. The highest BCUT2D eigenvalue weighted by Gasteiger charge is 2.22. The zero-order valence-electron chi connectivity index (χ0n) is 14.0. The van der Waals surface area contributed by atoms with Crippen molar-refractivity contribution in [3.05, 3.63) is 57.5 Å². The Hall–Kier alpha value is -2.61. The monoisotopic (exact) mass is 358 g/mol. The second-order valence-corrected chi connectivity index (χ2v) is 6.76. The molecule has 1 N–H and O–H groups in total. The summed E-state index contributed by atoms with van der Waals surface area (Å²) in [7, 11) is 3.21. The van der Waals surface area contributed by atoms with Crippen molar-refractivity contribution >= 4 is 23.6 Å². The fraction of sp³-hybridized carbons (Fsp3) is 0.294. The van der Waals surface area contributed by atoms with E-state index < -0.39 is 0 Å². The van der Waals surface area contributed by atoms with E-state index in [1.165, 1.54) is 22.9 Å². The third-order valence-electron chi connectivity index (χ3n) is 4.00. The number of thioether (sulfide) groups is 1. The lowest BCUT2D eigenvalue weighted by Crippen LogP contribution is -2.34. The van der Waals surface area contributed by atoms with Crippen LogP contribution >= 0.6 is 11.8 Å². The number of aromatic nitrogens is 2. The minimum atomic E-state index is -0.361. The number of hydrogen-bond acceptors (Lipinski definition) is 5. The van der Waals surface area contributed by atoms with Crippen molar-refractivity contribution in [2.75, 3.05) is 19.8 Å². The van der Waals surface area contributed by atoms with Crippen molar-refractivity contribution < 1.29 is 9.59 Å². The number of fused-ring (bicyclic) bond motifs is 1. The second kappa shape index (κ2) is 7.10. The average molecular weight is 358 g/mol. The van der Waals surface area contributed by atoms with Crippen LogP contribution in [0.5, 0.6) is 0 Å². The van der Waals surface area contributed by atoms with Crippen molar-refractivity contribution in [2.24, 2.45) is 0 Å². The molecule has 25 heavy (non-hydrogen) atoms. The number of nitrogens with one attached hydrogen (secondary N) is 1. The minimum absolute atomic E-state index is 0.0794. The lowest BCUT2D eigenvalue weighted by atomic mass is 10.1. The average Bonchev–Trinajstić information content (AvgIpc) is 3.11. The zero-order valence-corrected chi connectivity index (χ0v) is 14.8. The Morgan fingerprint density at radius 3 is 2.72 bits per heavy atom. The molecule has 3 rings (SSSR count). The van der Waals surface area contributed by atoms with Gasteiger partial charge in [0.2, 0.25) is 0 Å². The first-order valence-electron chi connectivity index (χ1n) is 7.80. The van der Waals surface area contributed by atoms with Crippen LogP contribution in [0.2, 0.25) is 0 Å². The van der Waals surface area contributed by atoms with E-state index in [-0.39, 0.29) is 22.9 Å². The molecule has 0 bridgehead atoms. The summed E-state index contributed by atoms with van der Waals surface area (Å²) in [6.45, 7) is 0.917. The van der Waals surface area contributed by atoms with Gasteiger partial charge in [0.15, 0.2) is 5.16 Å². The maximum Gasteiger partial charge on any atom is 0.267 e. The van der Waals surface area contributed by atoms with Crippen LogP contribution in [-0.4, -0.2) is 46.1 Å². The minimum Gasteiger partial charge on any atom is -0.355 e. The fourth-order valence-corrected chi connectivity index (χ4v) is 3.54. The van der Waals surface area contributed by atoms with Gasteiger partial charge in [0, 0.05) is 44.7 Å². The number of nitrogens with zero attached hydrogens (tertiary/aromatic N) is 3. The van der Waals surface area contributed by atoms with Gasteiger partial charge in [0.1, 0.15) is 5.56 Å². The quantitative estimate of drug-likeness (QED) is 0.824. The number of rotatable bonds is 4. The second-order valence-electron chi connectivity index (χ2n) is 5.70. The number of carbonyl (C=O) groups excluding carboxylic acids is 2. The zero-order chi connectivity index (χ0) is 18.0. The molecule has 0 aliphatic carbocycles. The molecule has 2 aromatic rings. The molecule has 8 heteroatoms. The highest BCUT2D eigenvalue weighted by Crippen LogP contribution is 2.20. The Labute approximate surface area is 149 Å². The van der Waals surface area contributed by atoms with Crippen molar-refractivity contribution in [1.82, 2.24) is 19.8 Å². The van der Waals surface area contributed by atoms with Gasteiger partial charge in [-0.05, 0) is 17.7 Å². The summed E-state index contributed by atoms with van der Waals surface area (Å²) in [6.07, 6.45) is 1.36. The lowest BCUT2D eigenvalue weighted by Gasteiger charge is -2.17. The molecule has 0 spiro atoms. The first-order valence-corrected chi connectivity index (χ1v) is 8.79. The van der Waals surface area contributed by atoms with Gasteiger partial charge in [0.25, 0.3) is 17.4 Å². The molecule has 0 atom stereocenters. The van der Waals surface area contributed by atoms with Gasteiger partial charge in [0.05, 0.1) is 0 Å². The van der Waals surface area contributed by atoms with Gasteiger partial charge >= 0.3 is 0 Å². The van der Waals surface area contributed by atoms with E-state index >= 15 is 0 Å². The number of hydrogen-bond donors (Lipinski definition) is 1. The molecule has 2 heterocycles. The molecule has 130 valence electrons. The summed E-state index contributed by atoms with van der Waals surface area (Å²) >= 11 is 1.51. The highest BCUT2D eigenvalue weighted by molar-refractivity contribution is 7.99. The topological polar surface area (TPSA) is 84.3 Å². The molecule has 1 aromatic heterocycles. The van der Waals surface area contributed by atoms with E-state index in [1.54, 1.807) is 42.9 Å². The molecule has 2 amide bonds. The van der Waals surface area contributed by atoms with Crippen LogP contribution in [-0.2, 0) is 13.1 Å². The van der Waals surface area contributed by atoms with E-state index in [0.29, 0.717) is 23.8 Å². The molecule has 0 unspecified atom stereocenters. The number of benzene rings is 1. The maximum atomic E-state index is 12.6. The van der Waals surface area contributed by atoms with Gasteiger partial charge in [-0.25, -0.2) is 4.98 Å². The third-order valence-corrected chi connectivity index (χ3v) is 4.97. The largest absolute Gasteiger partial charge is 0.355 e. The molecule has 0 saturated carbocycles. The molecule has 1 aromatic carbocycles. The van der Waals surface area contributed by atoms with Crippen molar-refractivity contribution in [3.63, 3.8) is 0 Å². The molecular formula is C17H18N4O3S. The Morgan fingerprint density at radius 2 is 2.04 bits per heavy atom. The molecule has 0 saturated heterocycles. The van der Waals surface area contributed by atoms with Crippen LogP contribution in [0.4, 0.5) is 0 Å². The smallest absolute Gasteiger partial charge is 0.267 e. The lowest BCUT2D eigenvalue weighted by molar-refractivity contribution is 0.0781. The standard InChI is InChI=1S/C17H18N4O3S/c1-18-14(22)12-5-3-11(4-6-12)10-20(2)15(23)13-9-19-17-21(16(13)24)7-8-25-17/h3-6,9H,7-8,10H2,1-2H3,(H,18,22). The number of amides is 2. The van der Waals surface area contributed by atoms with Crippen molar-refractivity contribution in [1.29, 1.82) is 0 Å². The Morgan fingerprint density at radius 1 is 1.32 bits per heavy atom. The summed E-state index contributed by atoms with van der Waals surface area (Å²) in [5.41, 5.74) is 1.21. The van der Waals surface area contributed by atoms with Crippen LogP contribution in [0.25, 0.3) is 0 Å². The molecule has 0 fully saturated rings. The summed E-state index contributed by atoms with van der Waals surface area (Å²) in [5.74, 6) is 0.277. The predicted octanol–water partition coefficient (Wildman–Crippen LogP) is 0.981. The Bertz CT molecular complexity index is 876. The van der Waals surface area contributed by atoms with E-state index in [0.717, 1.165) is 11.3 Å². The van der Waals surface area contributed by atoms with E-state index in [9.17, 15) is 14.4 Å². The highest BCUT2D eigenvalue weighted by atomic mass is 32.2. The SMILES string of the molecule is CNC(=O)c1ccc(CN(C)C(=O)c2cnc3n(c2=O)CCS3)cc1. The Balaban J connectivity index is 1.75. The fourth-order valence-electron chi connectivity index (χ4n) is 2.62. The summed E-state index contributed by atoms with van der Waals surface area (Å²) in [6, 6.07) is 6.99. The van der Waals surface area contributed by atoms with Crippen LogP contribution in [0, 0.1) is 0 Å². The predicted molar refractivity (Wildman–Crippen MR) is 94.9 cm³/mol. The van der Waals surface area contributed by atoms with Crippen LogP contribution < -0.4 is 10.9 Å². The van der Waals surface area contributed by atoms with Crippen LogP contribution in [0.3, 0.4) is 0 Å².